The highest BCUT2D eigenvalue weighted by atomic mass is 16.5. The SMILES string of the molecule is O=C(O)C1CCCC(C(=O)NC2CCCOC2)C1. The molecule has 1 heterocycles. The number of ether oxygens (including phenoxy) is 1. The number of amides is 1. The van der Waals surface area contributed by atoms with E-state index in [0.29, 0.717) is 19.4 Å². The third-order valence-electron chi connectivity index (χ3n) is 3.90. The third-order valence-corrected chi connectivity index (χ3v) is 3.90. The normalized spacial score (nSPS) is 32.8. The van der Waals surface area contributed by atoms with Gasteiger partial charge in [-0.3, -0.25) is 9.59 Å². The van der Waals surface area contributed by atoms with E-state index < -0.39 is 5.97 Å². The molecule has 2 fully saturated rings. The van der Waals surface area contributed by atoms with Gasteiger partial charge in [-0.2, -0.15) is 0 Å². The maximum absolute atomic E-state index is 12.1. The smallest absolute Gasteiger partial charge is 0.306 e. The number of aliphatic carboxylic acids is 1. The van der Waals surface area contributed by atoms with Gasteiger partial charge in [0.05, 0.1) is 18.6 Å². The molecule has 3 unspecified atom stereocenters. The van der Waals surface area contributed by atoms with Gasteiger partial charge in [0, 0.05) is 12.5 Å². The number of hydrogen-bond donors (Lipinski definition) is 2. The molecule has 1 aliphatic heterocycles. The van der Waals surface area contributed by atoms with E-state index in [0.717, 1.165) is 32.3 Å². The molecule has 1 saturated carbocycles. The highest BCUT2D eigenvalue weighted by Crippen LogP contribution is 2.29. The van der Waals surface area contributed by atoms with Crippen LogP contribution in [0.5, 0.6) is 0 Å². The summed E-state index contributed by atoms with van der Waals surface area (Å²) in [5.74, 6) is -1.25. The summed E-state index contributed by atoms with van der Waals surface area (Å²) in [4.78, 5) is 23.0. The second-order valence-electron chi connectivity index (χ2n) is 5.32. The molecule has 3 atom stereocenters. The van der Waals surface area contributed by atoms with Crippen LogP contribution < -0.4 is 5.32 Å². The Hall–Kier alpha value is -1.10. The fourth-order valence-electron chi connectivity index (χ4n) is 2.83. The van der Waals surface area contributed by atoms with Crippen molar-refractivity contribution in [2.45, 2.75) is 44.6 Å². The molecule has 2 aliphatic rings. The van der Waals surface area contributed by atoms with E-state index >= 15 is 0 Å². The minimum absolute atomic E-state index is 0.0106. The highest BCUT2D eigenvalue weighted by molar-refractivity contribution is 5.80. The monoisotopic (exact) mass is 255 g/mol. The molecule has 1 amide bonds. The summed E-state index contributed by atoms with van der Waals surface area (Å²) in [6, 6.07) is 0.108. The molecule has 0 aromatic heterocycles. The van der Waals surface area contributed by atoms with Crippen LogP contribution >= 0.6 is 0 Å². The molecule has 2 rings (SSSR count). The summed E-state index contributed by atoms with van der Waals surface area (Å²) in [6.45, 7) is 1.36. The Morgan fingerprint density at radius 1 is 1.11 bits per heavy atom. The molecular formula is C13H21NO4. The van der Waals surface area contributed by atoms with Crippen LogP contribution in [0.15, 0.2) is 0 Å². The van der Waals surface area contributed by atoms with Gasteiger partial charge in [-0.25, -0.2) is 0 Å². The number of rotatable bonds is 3. The summed E-state index contributed by atoms with van der Waals surface area (Å²) >= 11 is 0. The molecule has 1 aliphatic carbocycles. The van der Waals surface area contributed by atoms with Crippen molar-refractivity contribution < 1.29 is 19.4 Å². The fraction of sp³-hybridized carbons (Fsp3) is 0.846. The van der Waals surface area contributed by atoms with Crippen LogP contribution in [0.25, 0.3) is 0 Å². The van der Waals surface area contributed by atoms with Crippen molar-refractivity contribution in [1.29, 1.82) is 0 Å². The minimum atomic E-state index is -0.770. The lowest BCUT2D eigenvalue weighted by molar-refractivity contribution is -0.144. The lowest BCUT2D eigenvalue weighted by Gasteiger charge is -2.29. The average molecular weight is 255 g/mol. The molecule has 5 heteroatoms. The maximum atomic E-state index is 12.1. The zero-order valence-electron chi connectivity index (χ0n) is 10.6. The van der Waals surface area contributed by atoms with Crippen molar-refractivity contribution in [1.82, 2.24) is 5.32 Å². The standard InChI is InChI=1S/C13H21NO4/c15-12(14-11-5-2-6-18-8-11)9-3-1-4-10(7-9)13(16)17/h9-11H,1-8H2,(H,14,15)(H,16,17). The van der Waals surface area contributed by atoms with Crippen molar-refractivity contribution >= 4 is 11.9 Å². The molecular weight excluding hydrogens is 234 g/mol. The van der Waals surface area contributed by atoms with Gasteiger partial charge in [0.2, 0.25) is 5.91 Å². The zero-order valence-corrected chi connectivity index (χ0v) is 10.6. The second kappa shape index (κ2) is 6.18. The van der Waals surface area contributed by atoms with Gasteiger partial charge in [0.1, 0.15) is 0 Å². The Labute approximate surface area is 107 Å². The molecule has 5 nitrogen and oxygen atoms in total. The number of carboxylic acids is 1. The van der Waals surface area contributed by atoms with E-state index in [-0.39, 0.29) is 23.8 Å². The van der Waals surface area contributed by atoms with Crippen LogP contribution in [0.2, 0.25) is 0 Å². The predicted molar refractivity (Wildman–Crippen MR) is 65.1 cm³/mol. The van der Waals surface area contributed by atoms with Gasteiger partial charge in [-0.05, 0) is 32.1 Å². The Kier molecular flexibility index (Phi) is 4.58. The molecule has 0 bridgehead atoms. The summed E-state index contributed by atoms with van der Waals surface area (Å²) in [5, 5.41) is 12.0. The first-order valence-corrected chi connectivity index (χ1v) is 6.77. The van der Waals surface area contributed by atoms with Gasteiger partial charge in [-0.1, -0.05) is 6.42 Å². The van der Waals surface area contributed by atoms with Crippen LogP contribution in [0, 0.1) is 11.8 Å². The van der Waals surface area contributed by atoms with E-state index in [1.807, 2.05) is 0 Å². The first-order valence-electron chi connectivity index (χ1n) is 6.77. The Morgan fingerprint density at radius 2 is 1.89 bits per heavy atom. The fourth-order valence-corrected chi connectivity index (χ4v) is 2.83. The van der Waals surface area contributed by atoms with Crippen LogP contribution in [-0.4, -0.2) is 36.2 Å². The van der Waals surface area contributed by atoms with Crippen molar-refractivity contribution in [3.8, 4) is 0 Å². The zero-order chi connectivity index (χ0) is 13.0. The van der Waals surface area contributed by atoms with E-state index in [2.05, 4.69) is 5.32 Å². The van der Waals surface area contributed by atoms with E-state index in [1.165, 1.54) is 0 Å². The number of nitrogens with one attached hydrogen (secondary N) is 1. The largest absolute Gasteiger partial charge is 0.481 e. The van der Waals surface area contributed by atoms with Gasteiger partial charge in [0.15, 0.2) is 0 Å². The molecule has 0 spiro atoms. The summed E-state index contributed by atoms with van der Waals surface area (Å²) in [5.41, 5.74) is 0. The van der Waals surface area contributed by atoms with Crippen molar-refractivity contribution in [3.63, 3.8) is 0 Å². The summed E-state index contributed by atoms with van der Waals surface area (Å²) < 4.78 is 5.32. The van der Waals surface area contributed by atoms with Crippen LogP contribution in [-0.2, 0) is 14.3 Å². The Morgan fingerprint density at radius 3 is 2.56 bits per heavy atom. The van der Waals surface area contributed by atoms with Gasteiger partial charge >= 0.3 is 5.97 Å². The minimum Gasteiger partial charge on any atom is -0.481 e. The molecule has 0 aromatic carbocycles. The van der Waals surface area contributed by atoms with Gasteiger partial charge < -0.3 is 15.2 Å². The van der Waals surface area contributed by atoms with Crippen molar-refractivity contribution in [2.75, 3.05) is 13.2 Å². The van der Waals surface area contributed by atoms with Crippen LogP contribution in [0.3, 0.4) is 0 Å². The molecule has 18 heavy (non-hydrogen) atoms. The molecule has 1 saturated heterocycles. The van der Waals surface area contributed by atoms with E-state index in [9.17, 15) is 9.59 Å². The second-order valence-corrected chi connectivity index (χ2v) is 5.32. The number of carbonyl (C=O) groups excluding carboxylic acids is 1. The van der Waals surface area contributed by atoms with E-state index in [4.69, 9.17) is 9.84 Å². The first-order chi connectivity index (χ1) is 8.66. The summed E-state index contributed by atoms with van der Waals surface area (Å²) in [7, 11) is 0. The Bertz CT molecular complexity index is 312. The lowest BCUT2D eigenvalue weighted by Crippen LogP contribution is -2.44. The Balaban J connectivity index is 1.82. The quantitative estimate of drug-likeness (QED) is 0.794. The number of hydrogen-bond acceptors (Lipinski definition) is 3. The number of carboxylic acid groups (broad SMARTS) is 1. The van der Waals surface area contributed by atoms with Crippen LogP contribution in [0.4, 0.5) is 0 Å². The highest BCUT2D eigenvalue weighted by Gasteiger charge is 2.31. The average Bonchev–Trinajstić information content (AvgIpc) is 2.40. The first kappa shape index (κ1) is 13.3. The number of carbonyl (C=O) groups is 2. The lowest BCUT2D eigenvalue weighted by atomic mass is 9.81. The topological polar surface area (TPSA) is 75.6 Å². The molecule has 102 valence electrons. The van der Waals surface area contributed by atoms with Crippen molar-refractivity contribution in [2.24, 2.45) is 11.8 Å². The van der Waals surface area contributed by atoms with Crippen molar-refractivity contribution in [3.05, 3.63) is 0 Å². The molecule has 0 radical (unpaired) electrons. The van der Waals surface area contributed by atoms with E-state index in [1.54, 1.807) is 0 Å². The van der Waals surface area contributed by atoms with Gasteiger partial charge in [0.25, 0.3) is 0 Å². The molecule has 2 N–H and O–H groups in total. The van der Waals surface area contributed by atoms with Crippen LogP contribution in [0.1, 0.15) is 38.5 Å². The third kappa shape index (κ3) is 3.45. The predicted octanol–water partition coefficient (Wildman–Crippen LogP) is 1.17. The maximum Gasteiger partial charge on any atom is 0.306 e. The van der Waals surface area contributed by atoms with Gasteiger partial charge in [-0.15, -0.1) is 0 Å². The summed E-state index contributed by atoms with van der Waals surface area (Å²) in [6.07, 6.45) is 4.76. The molecule has 0 aromatic rings.